The fourth-order valence-electron chi connectivity index (χ4n) is 2.51. The molecule has 1 aliphatic rings. The number of hydrogen-bond donors (Lipinski definition) is 0. The summed E-state index contributed by atoms with van der Waals surface area (Å²) in [5.74, 6) is 2.99. The zero-order valence-electron chi connectivity index (χ0n) is 12.7. The van der Waals surface area contributed by atoms with E-state index in [0.717, 1.165) is 25.9 Å². The lowest BCUT2D eigenvalue weighted by Gasteiger charge is -2.20. The molecule has 0 saturated carbocycles. The molecule has 1 fully saturated rings. The van der Waals surface area contributed by atoms with E-state index in [0.29, 0.717) is 5.91 Å². The largest absolute Gasteiger partial charge is 0.343 e. The molecule has 0 spiro atoms. The normalized spacial score (nSPS) is 16.7. The molecule has 0 unspecified atom stereocenters. The lowest BCUT2D eigenvalue weighted by atomic mass is 10.2. The number of likely N-dealkylation sites (tertiary alicyclic amines) is 1. The van der Waals surface area contributed by atoms with Crippen LogP contribution in [-0.4, -0.2) is 35.4 Å². The standard InChI is InChI=1S/C16H31NOS/c1-2-3-4-9-14-19-15-10-8-13-17-12-7-5-6-11-16(17)18/h2-15H2,1H3. The summed E-state index contributed by atoms with van der Waals surface area (Å²) < 4.78 is 0. The van der Waals surface area contributed by atoms with Crippen molar-refractivity contribution in [1.29, 1.82) is 0 Å². The number of hydrogen-bond acceptors (Lipinski definition) is 2. The SMILES string of the molecule is CCCCCCSCCCCN1CCCCCC1=O. The molecule has 0 atom stereocenters. The molecule has 112 valence electrons. The zero-order chi connectivity index (χ0) is 13.8. The van der Waals surface area contributed by atoms with Crippen LogP contribution in [-0.2, 0) is 4.79 Å². The fourth-order valence-corrected chi connectivity index (χ4v) is 3.54. The minimum Gasteiger partial charge on any atom is -0.343 e. The average molecular weight is 285 g/mol. The Kier molecular flexibility index (Phi) is 10.3. The van der Waals surface area contributed by atoms with Gasteiger partial charge >= 0.3 is 0 Å². The van der Waals surface area contributed by atoms with E-state index in [1.54, 1.807) is 0 Å². The zero-order valence-corrected chi connectivity index (χ0v) is 13.5. The molecule has 1 aliphatic heterocycles. The maximum Gasteiger partial charge on any atom is 0.222 e. The lowest BCUT2D eigenvalue weighted by molar-refractivity contribution is -0.130. The fraction of sp³-hybridized carbons (Fsp3) is 0.938. The molecule has 2 nitrogen and oxygen atoms in total. The number of amides is 1. The van der Waals surface area contributed by atoms with Crippen LogP contribution in [0.25, 0.3) is 0 Å². The molecule has 1 rings (SSSR count). The highest BCUT2D eigenvalue weighted by Gasteiger charge is 2.15. The highest BCUT2D eigenvalue weighted by molar-refractivity contribution is 7.99. The van der Waals surface area contributed by atoms with Crippen molar-refractivity contribution in [2.75, 3.05) is 24.6 Å². The van der Waals surface area contributed by atoms with Crippen LogP contribution >= 0.6 is 11.8 Å². The first kappa shape index (κ1) is 16.9. The van der Waals surface area contributed by atoms with Crippen molar-refractivity contribution in [3.63, 3.8) is 0 Å². The summed E-state index contributed by atoms with van der Waals surface area (Å²) in [6, 6.07) is 0. The monoisotopic (exact) mass is 285 g/mol. The molecule has 0 radical (unpaired) electrons. The molecule has 1 saturated heterocycles. The first-order chi connectivity index (χ1) is 9.34. The van der Waals surface area contributed by atoms with Crippen LogP contribution in [0.3, 0.4) is 0 Å². The van der Waals surface area contributed by atoms with Gasteiger partial charge in [0.1, 0.15) is 0 Å². The molecule has 3 heteroatoms. The quantitative estimate of drug-likeness (QED) is 0.551. The maximum absolute atomic E-state index is 11.8. The van der Waals surface area contributed by atoms with Gasteiger partial charge in [0.05, 0.1) is 0 Å². The third-order valence-electron chi connectivity index (χ3n) is 3.78. The van der Waals surface area contributed by atoms with E-state index in [1.807, 2.05) is 0 Å². The van der Waals surface area contributed by atoms with Gasteiger partial charge in [0.2, 0.25) is 5.91 Å². The lowest BCUT2D eigenvalue weighted by Crippen LogP contribution is -2.31. The summed E-state index contributed by atoms with van der Waals surface area (Å²) in [5, 5.41) is 0. The molecule has 0 aliphatic carbocycles. The van der Waals surface area contributed by atoms with E-state index >= 15 is 0 Å². The van der Waals surface area contributed by atoms with E-state index in [4.69, 9.17) is 0 Å². The van der Waals surface area contributed by atoms with E-state index in [2.05, 4.69) is 23.6 Å². The second-order valence-corrected chi connectivity index (χ2v) is 6.80. The number of carbonyl (C=O) groups excluding carboxylic acids is 1. The van der Waals surface area contributed by atoms with Gasteiger partial charge in [0, 0.05) is 19.5 Å². The third-order valence-corrected chi connectivity index (χ3v) is 4.94. The predicted molar refractivity (Wildman–Crippen MR) is 85.7 cm³/mol. The number of carbonyl (C=O) groups is 1. The third kappa shape index (κ3) is 8.56. The number of nitrogens with zero attached hydrogens (tertiary/aromatic N) is 1. The van der Waals surface area contributed by atoms with Crippen LogP contribution < -0.4 is 0 Å². The van der Waals surface area contributed by atoms with Gasteiger partial charge < -0.3 is 4.90 Å². The van der Waals surface area contributed by atoms with Gasteiger partial charge in [-0.2, -0.15) is 11.8 Å². The Morgan fingerprint density at radius 3 is 2.58 bits per heavy atom. The van der Waals surface area contributed by atoms with Crippen LogP contribution in [0, 0.1) is 0 Å². The second kappa shape index (κ2) is 11.6. The van der Waals surface area contributed by atoms with Crippen molar-refractivity contribution in [3.8, 4) is 0 Å². The Bertz CT molecular complexity index is 233. The van der Waals surface area contributed by atoms with Crippen molar-refractivity contribution in [2.24, 2.45) is 0 Å². The minimum atomic E-state index is 0.393. The highest BCUT2D eigenvalue weighted by Crippen LogP contribution is 2.13. The Hall–Kier alpha value is -0.180. The Balaban J connectivity index is 1.91. The van der Waals surface area contributed by atoms with Crippen LogP contribution in [0.1, 0.15) is 71.1 Å². The van der Waals surface area contributed by atoms with Crippen molar-refractivity contribution < 1.29 is 4.79 Å². The van der Waals surface area contributed by atoms with E-state index in [-0.39, 0.29) is 0 Å². The van der Waals surface area contributed by atoms with Gasteiger partial charge in [-0.1, -0.05) is 32.6 Å². The van der Waals surface area contributed by atoms with Crippen molar-refractivity contribution in [1.82, 2.24) is 4.90 Å². The van der Waals surface area contributed by atoms with Crippen LogP contribution in [0.4, 0.5) is 0 Å². The van der Waals surface area contributed by atoms with Crippen LogP contribution in [0.2, 0.25) is 0 Å². The highest BCUT2D eigenvalue weighted by atomic mass is 32.2. The van der Waals surface area contributed by atoms with Gasteiger partial charge in [0.15, 0.2) is 0 Å². The topological polar surface area (TPSA) is 20.3 Å². The summed E-state index contributed by atoms with van der Waals surface area (Å²) in [5.41, 5.74) is 0. The number of unbranched alkanes of at least 4 members (excludes halogenated alkanes) is 4. The van der Waals surface area contributed by atoms with Crippen molar-refractivity contribution in [2.45, 2.75) is 71.1 Å². The van der Waals surface area contributed by atoms with E-state index in [9.17, 15) is 4.79 Å². The smallest absolute Gasteiger partial charge is 0.222 e. The second-order valence-electron chi connectivity index (χ2n) is 5.57. The van der Waals surface area contributed by atoms with Gasteiger partial charge in [-0.25, -0.2) is 0 Å². The molecule has 1 heterocycles. The Labute approximate surface area is 123 Å². The summed E-state index contributed by atoms with van der Waals surface area (Å²) >= 11 is 2.09. The molecule has 0 aromatic rings. The Morgan fingerprint density at radius 1 is 1.00 bits per heavy atom. The first-order valence-electron chi connectivity index (χ1n) is 8.20. The first-order valence-corrected chi connectivity index (χ1v) is 9.35. The van der Waals surface area contributed by atoms with Crippen LogP contribution in [0.15, 0.2) is 0 Å². The molecular formula is C16H31NOS. The summed E-state index contributed by atoms with van der Waals surface area (Å²) in [7, 11) is 0. The molecule has 0 N–H and O–H groups in total. The van der Waals surface area contributed by atoms with Crippen molar-refractivity contribution in [3.05, 3.63) is 0 Å². The minimum absolute atomic E-state index is 0.393. The van der Waals surface area contributed by atoms with E-state index < -0.39 is 0 Å². The maximum atomic E-state index is 11.8. The summed E-state index contributed by atoms with van der Waals surface area (Å²) in [4.78, 5) is 13.9. The Morgan fingerprint density at radius 2 is 1.79 bits per heavy atom. The van der Waals surface area contributed by atoms with E-state index in [1.165, 1.54) is 62.9 Å². The van der Waals surface area contributed by atoms with Crippen molar-refractivity contribution >= 4 is 17.7 Å². The molecule has 19 heavy (non-hydrogen) atoms. The average Bonchev–Trinajstić information content (AvgIpc) is 2.62. The molecular weight excluding hydrogens is 254 g/mol. The number of rotatable bonds is 10. The molecule has 0 bridgehead atoms. The van der Waals surface area contributed by atoms with Gasteiger partial charge in [-0.05, 0) is 43.6 Å². The predicted octanol–water partition coefficient (Wildman–Crippen LogP) is 4.48. The summed E-state index contributed by atoms with van der Waals surface area (Å²) in [6.07, 6.45) is 12.3. The van der Waals surface area contributed by atoms with Gasteiger partial charge in [-0.3, -0.25) is 4.79 Å². The molecule has 0 aromatic carbocycles. The molecule has 0 aromatic heterocycles. The molecule has 1 amide bonds. The van der Waals surface area contributed by atoms with Gasteiger partial charge in [-0.15, -0.1) is 0 Å². The van der Waals surface area contributed by atoms with Gasteiger partial charge in [0.25, 0.3) is 0 Å². The van der Waals surface area contributed by atoms with Crippen LogP contribution in [0.5, 0.6) is 0 Å². The summed E-state index contributed by atoms with van der Waals surface area (Å²) in [6.45, 7) is 4.26. The number of thioether (sulfide) groups is 1.